The molecule has 1 saturated carbocycles. The molecule has 114 valence electrons. The van der Waals surface area contributed by atoms with Gasteiger partial charge in [-0.15, -0.1) is 0 Å². The molecule has 0 aromatic heterocycles. The Balaban J connectivity index is 1.49. The van der Waals surface area contributed by atoms with Gasteiger partial charge in [-0.05, 0) is 42.9 Å². The number of amides is 2. The molecule has 0 unspecified atom stereocenters. The predicted octanol–water partition coefficient (Wildman–Crippen LogP) is 2.61. The van der Waals surface area contributed by atoms with Gasteiger partial charge in [0.15, 0.2) is 0 Å². The Morgan fingerprint density at radius 2 is 1.86 bits per heavy atom. The number of hydrogen-bond acceptors (Lipinski definition) is 2. The standard InChI is InChI=1S/C16H21FN2O2/c17-14-5-3-12(4-6-14)15-13(7-8-21-15)10-19-16(20)18-9-11-1-2-11/h3-6,11,13,15H,1-2,7-10H2,(H2,18,19,20)/t13-,15-/m0/s1. The summed E-state index contributed by atoms with van der Waals surface area (Å²) in [7, 11) is 0. The second-order valence-electron chi connectivity index (χ2n) is 5.93. The van der Waals surface area contributed by atoms with Crippen molar-refractivity contribution in [3.05, 3.63) is 35.6 Å². The van der Waals surface area contributed by atoms with Crippen LogP contribution in [0.5, 0.6) is 0 Å². The summed E-state index contributed by atoms with van der Waals surface area (Å²) in [6.45, 7) is 2.03. The highest BCUT2D eigenvalue weighted by molar-refractivity contribution is 5.73. The molecule has 0 spiro atoms. The molecule has 0 radical (unpaired) electrons. The SMILES string of the molecule is O=C(NCC1CC1)NC[C@@H]1CCO[C@H]1c1ccc(F)cc1. The summed E-state index contributed by atoms with van der Waals surface area (Å²) >= 11 is 0. The minimum Gasteiger partial charge on any atom is -0.373 e. The Bertz CT molecular complexity index is 488. The van der Waals surface area contributed by atoms with Gasteiger partial charge in [-0.1, -0.05) is 12.1 Å². The first kappa shape index (κ1) is 14.3. The van der Waals surface area contributed by atoms with Crippen LogP contribution >= 0.6 is 0 Å². The van der Waals surface area contributed by atoms with E-state index in [9.17, 15) is 9.18 Å². The molecule has 2 atom stereocenters. The van der Waals surface area contributed by atoms with E-state index in [1.54, 1.807) is 12.1 Å². The van der Waals surface area contributed by atoms with Crippen molar-refractivity contribution in [1.29, 1.82) is 0 Å². The number of urea groups is 1. The molecule has 5 heteroatoms. The molecule has 3 rings (SSSR count). The van der Waals surface area contributed by atoms with Gasteiger partial charge in [0.25, 0.3) is 0 Å². The number of ether oxygens (including phenoxy) is 1. The second kappa shape index (κ2) is 6.43. The van der Waals surface area contributed by atoms with Gasteiger partial charge in [0.2, 0.25) is 0 Å². The first-order chi connectivity index (χ1) is 10.2. The van der Waals surface area contributed by atoms with Crippen molar-refractivity contribution in [3.63, 3.8) is 0 Å². The number of hydrogen-bond donors (Lipinski definition) is 2. The first-order valence-electron chi connectivity index (χ1n) is 7.61. The van der Waals surface area contributed by atoms with E-state index < -0.39 is 0 Å². The summed E-state index contributed by atoms with van der Waals surface area (Å²) in [5.74, 6) is 0.672. The lowest BCUT2D eigenvalue weighted by Crippen LogP contribution is -2.39. The van der Waals surface area contributed by atoms with Crippen molar-refractivity contribution >= 4 is 6.03 Å². The molecule has 2 N–H and O–H groups in total. The molecular weight excluding hydrogens is 271 g/mol. The van der Waals surface area contributed by atoms with E-state index in [0.717, 1.165) is 18.5 Å². The molecule has 2 fully saturated rings. The fourth-order valence-corrected chi connectivity index (χ4v) is 2.71. The van der Waals surface area contributed by atoms with Gasteiger partial charge in [-0.3, -0.25) is 0 Å². The Kier molecular flexibility index (Phi) is 4.39. The Hall–Kier alpha value is -1.62. The quantitative estimate of drug-likeness (QED) is 0.876. The number of nitrogens with one attached hydrogen (secondary N) is 2. The van der Waals surface area contributed by atoms with E-state index in [1.807, 2.05) is 0 Å². The molecular formula is C16H21FN2O2. The zero-order chi connectivity index (χ0) is 14.7. The Labute approximate surface area is 124 Å². The topological polar surface area (TPSA) is 50.4 Å². The normalized spacial score (nSPS) is 24.8. The van der Waals surface area contributed by atoms with Crippen LogP contribution in [0.1, 0.15) is 30.9 Å². The highest BCUT2D eigenvalue weighted by atomic mass is 19.1. The first-order valence-corrected chi connectivity index (χ1v) is 7.61. The lowest BCUT2D eigenvalue weighted by atomic mass is 9.95. The molecule has 1 aliphatic carbocycles. The summed E-state index contributed by atoms with van der Waals surface area (Å²) in [6, 6.07) is 6.30. The molecule has 1 aliphatic heterocycles. The summed E-state index contributed by atoms with van der Waals surface area (Å²) in [5, 5.41) is 5.80. The minimum atomic E-state index is -0.245. The maximum Gasteiger partial charge on any atom is 0.314 e. The number of benzene rings is 1. The van der Waals surface area contributed by atoms with Gasteiger partial charge in [0, 0.05) is 25.6 Å². The molecule has 2 amide bonds. The van der Waals surface area contributed by atoms with Gasteiger partial charge in [0.1, 0.15) is 5.82 Å². The van der Waals surface area contributed by atoms with E-state index in [0.29, 0.717) is 19.1 Å². The number of rotatable bonds is 5. The minimum absolute atomic E-state index is 0.0608. The molecule has 1 heterocycles. The number of carbonyl (C=O) groups excluding carboxylic acids is 1. The van der Waals surface area contributed by atoms with E-state index >= 15 is 0 Å². The Morgan fingerprint density at radius 1 is 1.14 bits per heavy atom. The van der Waals surface area contributed by atoms with Crippen LogP contribution in [0.25, 0.3) is 0 Å². The van der Waals surface area contributed by atoms with E-state index in [4.69, 9.17) is 4.74 Å². The lowest BCUT2D eigenvalue weighted by Gasteiger charge is -2.19. The third-order valence-electron chi connectivity index (χ3n) is 4.19. The summed E-state index contributed by atoms with van der Waals surface area (Å²) < 4.78 is 18.7. The summed E-state index contributed by atoms with van der Waals surface area (Å²) in [4.78, 5) is 11.7. The predicted molar refractivity (Wildman–Crippen MR) is 77.3 cm³/mol. The highest BCUT2D eigenvalue weighted by Crippen LogP contribution is 2.34. The average molecular weight is 292 g/mol. The van der Waals surface area contributed by atoms with Crippen LogP contribution in [-0.2, 0) is 4.74 Å². The van der Waals surface area contributed by atoms with Crippen molar-refractivity contribution in [3.8, 4) is 0 Å². The smallest absolute Gasteiger partial charge is 0.314 e. The van der Waals surface area contributed by atoms with E-state index in [2.05, 4.69) is 10.6 Å². The Morgan fingerprint density at radius 3 is 2.57 bits per heavy atom. The molecule has 2 aliphatic rings. The fourth-order valence-electron chi connectivity index (χ4n) is 2.71. The number of carbonyl (C=O) groups is 1. The van der Waals surface area contributed by atoms with Crippen LogP contribution in [0.4, 0.5) is 9.18 Å². The van der Waals surface area contributed by atoms with Crippen LogP contribution in [-0.4, -0.2) is 25.7 Å². The zero-order valence-corrected chi connectivity index (χ0v) is 12.0. The van der Waals surface area contributed by atoms with Crippen LogP contribution in [0, 0.1) is 17.7 Å². The van der Waals surface area contributed by atoms with Gasteiger partial charge in [-0.2, -0.15) is 0 Å². The van der Waals surface area contributed by atoms with E-state index in [1.165, 1.54) is 25.0 Å². The maximum absolute atomic E-state index is 13.0. The van der Waals surface area contributed by atoms with Crippen LogP contribution in [0.3, 0.4) is 0 Å². The molecule has 0 bridgehead atoms. The fraction of sp³-hybridized carbons (Fsp3) is 0.562. The van der Waals surface area contributed by atoms with Gasteiger partial charge in [-0.25, -0.2) is 9.18 Å². The van der Waals surface area contributed by atoms with Gasteiger partial charge >= 0.3 is 6.03 Å². The summed E-state index contributed by atoms with van der Waals surface area (Å²) in [6.07, 6.45) is 3.30. The lowest BCUT2D eigenvalue weighted by molar-refractivity contribution is 0.0909. The van der Waals surface area contributed by atoms with Crippen molar-refractivity contribution in [2.24, 2.45) is 11.8 Å². The van der Waals surface area contributed by atoms with Crippen LogP contribution in [0.15, 0.2) is 24.3 Å². The highest BCUT2D eigenvalue weighted by Gasteiger charge is 2.30. The molecule has 4 nitrogen and oxygen atoms in total. The van der Waals surface area contributed by atoms with Crippen LogP contribution in [0.2, 0.25) is 0 Å². The second-order valence-corrected chi connectivity index (χ2v) is 5.93. The van der Waals surface area contributed by atoms with Crippen molar-refractivity contribution in [2.45, 2.75) is 25.4 Å². The molecule has 21 heavy (non-hydrogen) atoms. The third-order valence-corrected chi connectivity index (χ3v) is 4.19. The zero-order valence-electron chi connectivity index (χ0n) is 12.0. The van der Waals surface area contributed by atoms with Crippen molar-refractivity contribution in [1.82, 2.24) is 10.6 Å². The summed E-state index contributed by atoms with van der Waals surface area (Å²) in [5.41, 5.74) is 0.971. The van der Waals surface area contributed by atoms with Crippen LogP contribution < -0.4 is 10.6 Å². The van der Waals surface area contributed by atoms with E-state index in [-0.39, 0.29) is 23.9 Å². The average Bonchev–Trinajstić information content (AvgIpc) is 3.20. The van der Waals surface area contributed by atoms with Gasteiger partial charge < -0.3 is 15.4 Å². The van der Waals surface area contributed by atoms with Crippen molar-refractivity contribution in [2.75, 3.05) is 19.7 Å². The molecule has 1 saturated heterocycles. The van der Waals surface area contributed by atoms with Gasteiger partial charge in [0.05, 0.1) is 6.10 Å². The number of halogens is 1. The monoisotopic (exact) mass is 292 g/mol. The molecule has 1 aromatic carbocycles. The third kappa shape index (κ3) is 3.94. The maximum atomic E-state index is 13.0. The van der Waals surface area contributed by atoms with Crippen molar-refractivity contribution < 1.29 is 13.9 Å². The molecule has 1 aromatic rings. The largest absolute Gasteiger partial charge is 0.373 e.